The van der Waals surface area contributed by atoms with E-state index < -0.39 is 0 Å². The number of guanidine groups is 1. The molecule has 0 heterocycles. The molecule has 0 aliphatic heterocycles. The van der Waals surface area contributed by atoms with Crippen molar-refractivity contribution in [2.45, 2.75) is 0 Å². The van der Waals surface area contributed by atoms with Crippen LogP contribution in [0.1, 0.15) is 0 Å². The van der Waals surface area contributed by atoms with Crippen molar-refractivity contribution in [2.75, 3.05) is 0 Å². The number of rotatable bonds is 0. The minimum Gasteiger partial charge on any atom is -0.370 e. The van der Waals surface area contributed by atoms with Crippen molar-refractivity contribution in [2.24, 2.45) is 11.5 Å². The van der Waals surface area contributed by atoms with Crippen molar-refractivity contribution in [3.8, 4) is 0 Å². The smallest absolute Gasteiger partial charge is 0.183 e. The largest absolute Gasteiger partial charge is 0.370 e. The van der Waals surface area contributed by atoms with Crippen LogP contribution in [0.3, 0.4) is 0 Å². The zero-order valence-corrected chi connectivity index (χ0v) is 3.65. The molecule has 0 aliphatic carbocycles. The fraction of sp³-hybridized carbons (Fsp3) is 0. The predicted molar refractivity (Wildman–Crippen MR) is 21.9 cm³/mol. The van der Waals surface area contributed by atoms with Crippen LogP contribution in [0.5, 0.6) is 0 Å². The van der Waals surface area contributed by atoms with Crippen molar-refractivity contribution >= 4 is 16.9 Å². The first-order valence-electron chi connectivity index (χ1n) is 0.827. The summed E-state index contributed by atoms with van der Waals surface area (Å²) in [6.07, 6.45) is 0. The average Bonchev–Trinajstić information content (AvgIpc) is 0.811. The van der Waals surface area contributed by atoms with E-state index in [-0.39, 0.29) is 16.9 Å². The molecule has 0 saturated carbocycles. The van der Waals surface area contributed by atoms with E-state index in [0.29, 0.717) is 0 Å². The Kier molecular flexibility index (Phi) is 6.15. The van der Waals surface area contributed by atoms with Gasteiger partial charge in [0.05, 0.1) is 0 Å². The molecular formula is CH5N3Si. The normalized spacial score (nSPS) is 4.80. The summed E-state index contributed by atoms with van der Waals surface area (Å²) in [5, 5.41) is 6.06. The first-order chi connectivity index (χ1) is 1.73. The van der Waals surface area contributed by atoms with E-state index in [9.17, 15) is 0 Å². The second kappa shape index (κ2) is 3.49. The summed E-state index contributed by atoms with van der Waals surface area (Å²) in [6.45, 7) is 0. The number of hydrogen-bond acceptors (Lipinski definition) is 1. The molecule has 0 aliphatic rings. The van der Waals surface area contributed by atoms with Crippen LogP contribution in [0, 0.1) is 5.41 Å². The van der Waals surface area contributed by atoms with Crippen LogP contribution in [-0.2, 0) is 0 Å². The van der Waals surface area contributed by atoms with Crippen LogP contribution >= 0.6 is 0 Å². The molecule has 28 valence electrons. The molecule has 0 bridgehead atoms. The quantitative estimate of drug-likeness (QED) is 0.190. The minimum absolute atomic E-state index is 0. The van der Waals surface area contributed by atoms with Gasteiger partial charge in [-0.2, -0.15) is 0 Å². The summed E-state index contributed by atoms with van der Waals surface area (Å²) in [4.78, 5) is 0. The lowest BCUT2D eigenvalue weighted by Gasteiger charge is -1.69. The number of nitrogens with two attached hydrogens (primary N) is 2. The van der Waals surface area contributed by atoms with Crippen molar-refractivity contribution in [1.82, 2.24) is 0 Å². The molecule has 0 aromatic heterocycles. The highest BCUT2D eigenvalue weighted by Crippen LogP contribution is 1.13. The Morgan fingerprint density at radius 2 is 1.40 bits per heavy atom. The maximum atomic E-state index is 6.06. The van der Waals surface area contributed by atoms with Gasteiger partial charge >= 0.3 is 0 Å². The van der Waals surface area contributed by atoms with Gasteiger partial charge in [0, 0.05) is 11.0 Å². The maximum Gasteiger partial charge on any atom is 0.183 e. The third-order valence-corrected chi connectivity index (χ3v) is 0. The van der Waals surface area contributed by atoms with Crippen LogP contribution in [0.2, 0.25) is 0 Å². The molecule has 0 spiro atoms. The van der Waals surface area contributed by atoms with Gasteiger partial charge in [-0.15, -0.1) is 0 Å². The number of hydrogen-bond donors (Lipinski definition) is 3. The fourth-order valence-corrected chi connectivity index (χ4v) is 0. The average molecular weight is 87.2 g/mol. The van der Waals surface area contributed by atoms with Gasteiger partial charge < -0.3 is 11.5 Å². The second-order valence-electron chi connectivity index (χ2n) is 0.455. The Bertz CT molecular complexity index is 29.9. The van der Waals surface area contributed by atoms with Gasteiger partial charge in [0.2, 0.25) is 0 Å². The Balaban J connectivity index is 0. The summed E-state index contributed by atoms with van der Waals surface area (Å²) in [5.74, 6) is -0.333. The first-order valence-corrected chi connectivity index (χ1v) is 0.827. The van der Waals surface area contributed by atoms with Gasteiger partial charge in [-0.1, -0.05) is 0 Å². The third kappa shape index (κ3) is 29.3. The van der Waals surface area contributed by atoms with Gasteiger partial charge in [-0.3, -0.25) is 5.41 Å². The van der Waals surface area contributed by atoms with Crippen molar-refractivity contribution < 1.29 is 0 Å². The van der Waals surface area contributed by atoms with Gasteiger partial charge in [-0.25, -0.2) is 0 Å². The van der Waals surface area contributed by atoms with E-state index in [2.05, 4.69) is 11.5 Å². The van der Waals surface area contributed by atoms with E-state index in [4.69, 9.17) is 5.41 Å². The summed E-state index contributed by atoms with van der Waals surface area (Å²) in [6, 6.07) is 0. The SMILES string of the molecule is N=C(N)N.[Si]. The molecule has 0 atom stereocenters. The van der Waals surface area contributed by atoms with Gasteiger partial charge in [0.25, 0.3) is 0 Å². The lowest BCUT2D eigenvalue weighted by molar-refractivity contribution is 1.39. The van der Waals surface area contributed by atoms with Crippen molar-refractivity contribution in [1.29, 1.82) is 5.41 Å². The molecule has 4 radical (unpaired) electrons. The lowest BCUT2D eigenvalue weighted by Crippen LogP contribution is -2.20. The van der Waals surface area contributed by atoms with Crippen molar-refractivity contribution in [3.63, 3.8) is 0 Å². The molecule has 5 N–H and O–H groups in total. The molecule has 0 rings (SSSR count). The van der Waals surface area contributed by atoms with Gasteiger partial charge in [0.1, 0.15) is 0 Å². The minimum atomic E-state index is -0.333. The standard InChI is InChI=1S/CH5N3.Si/c2-1(3)4;/h(H5,2,3,4);. The van der Waals surface area contributed by atoms with E-state index >= 15 is 0 Å². The molecule has 4 heteroatoms. The van der Waals surface area contributed by atoms with Gasteiger partial charge in [-0.05, 0) is 0 Å². The maximum absolute atomic E-state index is 6.06. The van der Waals surface area contributed by atoms with E-state index in [0.717, 1.165) is 0 Å². The monoisotopic (exact) mass is 87.0 g/mol. The summed E-state index contributed by atoms with van der Waals surface area (Å²) in [5.41, 5.74) is 8.94. The third-order valence-electron chi connectivity index (χ3n) is 0. The summed E-state index contributed by atoms with van der Waals surface area (Å²) >= 11 is 0. The first kappa shape index (κ1) is 8.82. The predicted octanol–water partition coefficient (Wildman–Crippen LogP) is -1.54. The molecule has 0 unspecified atom stereocenters. The molecule has 5 heavy (non-hydrogen) atoms. The van der Waals surface area contributed by atoms with E-state index in [1.165, 1.54) is 0 Å². The fourth-order valence-electron chi connectivity index (χ4n) is 0. The summed E-state index contributed by atoms with van der Waals surface area (Å²) in [7, 11) is 0. The Hall–Kier alpha value is -0.513. The molecular weight excluding hydrogens is 82.1 g/mol. The van der Waals surface area contributed by atoms with Crippen LogP contribution < -0.4 is 11.5 Å². The number of nitrogens with one attached hydrogen (secondary N) is 1. The second-order valence-corrected chi connectivity index (χ2v) is 0.455. The molecule has 0 saturated heterocycles. The van der Waals surface area contributed by atoms with E-state index in [1.807, 2.05) is 0 Å². The highest BCUT2D eigenvalue weighted by atomic mass is 28.1. The zero-order chi connectivity index (χ0) is 3.58. The van der Waals surface area contributed by atoms with E-state index in [1.54, 1.807) is 0 Å². The lowest BCUT2D eigenvalue weighted by atomic mass is 11.1. The molecule has 0 aromatic carbocycles. The van der Waals surface area contributed by atoms with Crippen LogP contribution in [0.15, 0.2) is 0 Å². The zero-order valence-electron chi connectivity index (χ0n) is 2.65. The molecule has 0 aromatic rings. The Labute approximate surface area is 34.9 Å². The summed E-state index contributed by atoms with van der Waals surface area (Å²) < 4.78 is 0. The molecule has 0 fully saturated rings. The van der Waals surface area contributed by atoms with Crippen LogP contribution in [0.25, 0.3) is 0 Å². The topological polar surface area (TPSA) is 75.9 Å². The Morgan fingerprint density at radius 1 is 1.40 bits per heavy atom. The van der Waals surface area contributed by atoms with Gasteiger partial charge in [0.15, 0.2) is 5.96 Å². The molecule has 0 amide bonds. The molecule has 3 nitrogen and oxygen atoms in total. The highest BCUT2D eigenvalue weighted by Gasteiger charge is 1.52. The van der Waals surface area contributed by atoms with Crippen molar-refractivity contribution in [3.05, 3.63) is 0 Å². The highest BCUT2D eigenvalue weighted by molar-refractivity contribution is 5.75. The Morgan fingerprint density at radius 3 is 1.40 bits per heavy atom. The van der Waals surface area contributed by atoms with Crippen LogP contribution in [0.4, 0.5) is 0 Å². The van der Waals surface area contributed by atoms with Crippen LogP contribution in [-0.4, -0.2) is 16.9 Å².